The SMILES string of the molecule is O=C(NCc1ccc(C(=O)Cl)cc1)OCc1ccccc1. The average molecular weight is 304 g/mol. The quantitative estimate of drug-likeness (QED) is 0.860. The Balaban J connectivity index is 1.77. The first kappa shape index (κ1) is 15.1. The van der Waals surface area contributed by atoms with Gasteiger partial charge in [-0.1, -0.05) is 42.5 Å². The van der Waals surface area contributed by atoms with Gasteiger partial charge in [-0.15, -0.1) is 0 Å². The topological polar surface area (TPSA) is 55.4 Å². The van der Waals surface area contributed by atoms with Crippen molar-refractivity contribution in [1.82, 2.24) is 5.32 Å². The minimum atomic E-state index is -0.503. The number of carbonyl (C=O) groups excluding carboxylic acids is 2. The predicted octanol–water partition coefficient (Wildman–Crippen LogP) is 3.49. The third kappa shape index (κ3) is 4.93. The Kier molecular flexibility index (Phi) is 5.35. The summed E-state index contributed by atoms with van der Waals surface area (Å²) in [7, 11) is 0. The molecule has 0 fully saturated rings. The van der Waals surface area contributed by atoms with Gasteiger partial charge in [-0.05, 0) is 34.9 Å². The molecule has 4 nitrogen and oxygen atoms in total. The molecule has 1 N–H and O–H groups in total. The molecule has 5 heteroatoms. The number of hydrogen-bond acceptors (Lipinski definition) is 3. The van der Waals surface area contributed by atoms with Crippen molar-refractivity contribution in [3.05, 3.63) is 71.3 Å². The molecule has 0 radical (unpaired) electrons. The van der Waals surface area contributed by atoms with E-state index in [0.717, 1.165) is 11.1 Å². The highest BCUT2D eigenvalue weighted by molar-refractivity contribution is 6.67. The summed E-state index contributed by atoms with van der Waals surface area (Å²) in [6.45, 7) is 0.552. The molecule has 108 valence electrons. The van der Waals surface area contributed by atoms with Crippen molar-refractivity contribution >= 4 is 22.9 Å². The van der Waals surface area contributed by atoms with Gasteiger partial charge in [0.25, 0.3) is 5.24 Å². The number of carbonyl (C=O) groups is 2. The minimum absolute atomic E-state index is 0.229. The van der Waals surface area contributed by atoms with Crippen LogP contribution in [0.3, 0.4) is 0 Å². The fourth-order valence-electron chi connectivity index (χ4n) is 1.70. The lowest BCUT2D eigenvalue weighted by Gasteiger charge is -2.07. The van der Waals surface area contributed by atoms with Gasteiger partial charge in [0.1, 0.15) is 6.61 Å². The van der Waals surface area contributed by atoms with E-state index in [9.17, 15) is 9.59 Å². The van der Waals surface area contributed by atoms with Crippen molar-refractivity contribution in [3.63, 3.8) is 0 Å². The van der Waals surface area contributed by atoms with Crippen LogP contribution in [0.15, 0.2) is 54.6 Å². The molecule has 0 atom stereocenters. The van der Waals surface area contributed by atoms with E-state index in [1.165, 1.54) is 0 Å². The lowest BCUT2D eigenvalue weighted by molar-refractivity contribution is 0.108. The first-order chi connectivity index (χ1) is 10.1. The molecule has 0 bridgehead atoms. The van der Waals surface area contributed by atoms with E-state index in [-0.39, 0.29) is 6.61 Å². The lowest BCUT2D eigenvalue weighted by Crippen LogP contribution is -2.23. The van der Waals surface area contributed by atoms with Crippen LogP contribution in [-0.2, 0) is 17.9 Å². The highest BCUT2D eigenvalue weighted by atomic mass is 35.5. The largest absolute Gasteiger partial charge is 0.445 e. The summed E-state index contributed by atoms with van der Waals surface area (Å²) in [6, 6.07) is 16.1. The molecule has 2 rings (SSSR count). The molecule has 2 aromatic rings. The van der Waals surface area contributed by atoms with Crippen molar-refractivity contribution < 1.29 is 14.3 Å². The van der Waals surface area contributed by atoms with Gasteiger partial charge in [-0.25, -0.2) is 4.79 Å². The maximum atomic E-state index is 11.6. The summed E-state index contributed by atoms with van der Waals surface area (Å²) in [5, 5.41) is 2.14. The molecule has 1 amide bonds. The number of ether oxygens (including phenoxy) is 1. The second-order valence-corrected chi connectivity index (χ2v) is 4.73. The van der Waals surface area contributed by atoms with Gasteiger partial charge >= 0.3 is 6.09 Å². The standard InChI is InChI=1S/C16H14ClNO3/c17-15(19)14-8-6-12(7-9-14)10-18-16(20)21-11-13-4-2-1-3-5-13/h1-9H,10-11H2,(H,18,20). The molecule has 0 heterocycles. The molecular formula is C16H14ClNO3. The summed E-state index contributed by atoms with van der Waals surface area (Å²) < 4.78 is 5.09. The highest BCUT2D eigenvalue weighted by Crippen LogP contribution is 2.07. The molecule has 0 saturated heterocycles. The summed E-state index contributed by atoms with van der Waals surface area (Å²) in [5.74, 6) is 0. The summed E-state index contributed by atoms with van der Waals surface area (Å²) >= 11 is 5.35. The van der Waals surface area contributed by atoms with Crippen LogP contribution in [0, 0.1) is 0 Å². The third-order valence-corrected chi connectivity index (χ3v) is 3.05. The van der Waals surface area contributed by atoms with Gasteiger partial charge in [-0.3, -0.25) is 4.79 Å². The first-order valence-corrected chi connectivity index (χ1v) is 6.76. The summed E-state index contributed by atoms with van der Waals surface area (Å²) in [6.07, 6.45) is -0.489. The number of amides is 1. The van der Waals surface area contributed by atoms with Crippen molar-refractivity contribution in [3.8, 4) is 0 Å². The monoisotopic (exact) mass is 303 g/mol. The maximum absolute atomic E-state index is 11.6. The maximum Gasteiger partial charge on any atom is 0.407 e. The number of benzene rings is 2. The fraction of sp³-hybridized carbons (Fsp3) is 0.125. The molecule has 0 aliphatic carbocycles. The van der Waals surface area contributed by atoms with Crippen molar-refractivity contribution in [2.45, 2.75) is 13.2 Å². The van der Waals surface area contributed by atoms with Crippen LogP contribution in [0.25, 0.3) is 0 Å². The number of alkyl carbamates (subject to hydrolysis) is 1. The van der Waals surface area contributed by atoms with Crippen molar-refractivity contribution in [2.24, 2.45) is 0 Å². The van der Waals surface area contributed by atoms with Crippen LogP contribution >= 0.6 is 11.6 Å². The Morgan fingerprint density at radius 1 is 0.952 bits per heavy atom. The van der Waals surface area contributed by atoms with E-state index in [1.807, 2.05) is 30.3 Å². The molecule has 0 spiro atoms. The predicted molar refractivity (Wildman–Crippen MR) is 80.1 cm³/mol. The molecule has 0 aliphatic rings. The van der Waals surface area contributed by atoms with E-state index in [0.29, 0.717) is 12.1 Å². The van der Waals surface area contributed by atoms with E-state index < -0.39 is 11.3 Å². The van der Waals surface area contributed by atoms with Crippen molar-refractivity contribution in [2.75, 3.05) is 0 Å². The molecule has 2 aromatic carbocycles. The molecular weight excluding hydrogens is 290 g/mol. The molecule has 0 saturated carbocycles. The lowest BCUT2D eigenvalue weighted by atomic mass is 10.1. The van der Waals surface area contributed by atoms with E-state index in [2.05, 4.69) is 5.32 Å². The van der Waals surface area contributed by atoms with E-state index >= 15 is 0 Å². The van der Waals surface area contributed by atoms with Gasteiger partial charge in [0, 0.05) is 12.1 Å². The zero-order chi connectivity index (χ0) is 15.1. The smallest absolute Gasteiger partial charge is 0.407 e. The van der Waals surface area contributed by atoms with Gasteiger partial charge in [0.05, 0.1) is 0 Å². The molecule has 0 aliphatic heterocycles. The van der Waals surface area contributed by atoms with Crippen LogP contribution < -0.4 is 5.32 Å². The second kappa shape index (κ2) is 7.45. The normalized spacial score (nSPS) is 9.95. The highest BCUT2D eigenvalue weighted by Gasteiger charge is 2.04. The van der Waals surface area contributed by atoms with Gasteiger partial charge in [0.2, 0.25) is 0 Å². The Bertz CT molecular complexity index is 611. The minimum Gasteiger partial charge on any atom is -0.445 e. The number of hydrogen-bond donors (Lipinski definition) is 1. The van der Waals surface area contributed by atoms with E-state index in [1.54, 1.807) is 24.3 Å². The second-order valence-electron chi connectivity index (χ2n) is 4.39. The third-order valence-electron chi connectivity index (χ3n) is 2.83. The Morgan fingerprint density at radius 2 is 1.62 bits per heavy atom. The zero-order valence-electron chi connectivity index (χ0n) is 11.2. The number of halogens is 1. The molecule has 21 heavy (non-hydrogen) atoms. The number of rotatable bonds is 5. The van der Waals surface area contributed by atoms with Gasteiger partial charge in [0.15, 0.2) is 0 Å². The number of nitrogens with one attached hydrogen (secondary N) is 1. The Morgan fingerprint density at radius 3 is 2.24 bits per heavy atom. The first-order valence-electron chi connectivity index (χ1n) is 6.38. The Hall–Kier alpha value is -2.33. The summed E-state index contributed by atoms with van der Waals surface area (Å²) in [4.78, 5) is 22.5. The van der Waals surface area contributed by atoms with Crippen LogP contribution in [0.2, 0.25) is 0 Å². The van der Waals surface area contributed by atoms with Crippen LogP contribution in [0.5, 0.6) is 0 Å². The van der Waals surface area contributed by atoms with Gasteiger partial charge in [-0.2, -0.15) is 0 Å². The van der Waals surface area contributed by atoms with Crippen LogP contribution in [-0.4, -0.2) is 11.3 Å². The van der Waals surface area contributed by atoms with Crippen LogP contribution in [0.1, 0.15) is 21.5 Å². The molecule has 0 unspecified atom stereocenters. The van der Waals surface area contributed by atoms with Crippen molar-refractivity contribution in [1.29, 1.82) is 0 Å². The fourth-order valence-corrected chi connectivity index (χ4v) is 1.83. The van der Waals surface area contributed by atoms with Gasteiger partial charge < -0.3 is 10.1 Å². The van der Waals surface area contributed by atoms with E-state index in [4.69, 9.17) is 16.3 Å². The Labute approximate surface area is 127 Å². The van der Waals surface area contributed by atoms with Crippen LogP contribution in [0.4, 0.5) is 4.79 Å². The summed E-state index contributed by atoms with van der Waals surface area (Å²) in [5.41, 5.74) is 2.21. The molecule has 0 aromatic heterocycles. The zero-order valence-corrected chi connectivity index (χ0v) is 12.0. The average Bonchev–Trinajstić information content (AvgIpc) is 2.52.